The molecular weight excluding hydrogens is 342 g/mol. The van der Waals surface area contributed by atoms with Gasteiger partial charge >= 0.3 is 0 Å². The summed E-state index contributed by atoms with van der Waals surface area (Å²) in [6, 6.07) is 13.3. The molecule has 1 N–H and O–H groups in total. The van der Waals surface area contributed by atoms with Crippen LogP contribution < -0.4 is 10.2 Å². The van der Waals surface area contributed by atoms with E-state index in [1.165, 1.54) is 5.69 Å². The second-order valence-electron chi connectivity index (χ2n) is 6.76. The maximum absolute atomic E-state index is 12.4. The van der Waals surface area contributed by atoms with E-state index in [0.29, 0.717) is 18.1 Å². The molecule has 0 aliphatic carbocycles. The highest BCUT2D eigenvalue weighted by Gasteiger charge is 2.15. The van der Waals surface area contributed by atoms with E-state index >= 15 is 0 Å². The number of carbonyl (C=O) groups is 1. The minimum absolute atomic E-state index is 0.255. The predicted molar refractivity (Wildman–Crippen MR) is 104 cm³/mol. The van der Waals surface area contributed by atoms with E-state index in [9.17, 15) is 4.79 Å². The van der Waals surface area contributed by atoms with Gasteiger partial charge in [0.2, 0.25) is 0 Å². The quantitative estimate of drug-likeness (QED) is 0.753. The summed E-state index contributed by atoms with van der Waals surface area (Å²) in [6.45, 7) is 4.68. The minimum Gasteiger partial charge on any atom is -0.454 e. The number of anilines is 2. The zero-order valence-electron chi connectivity index (χ0n) is 15.3. The van der Waals surface area contributed by atoms with Crippen molar-refractivity contribution >= 4 is 17.3 Å². The van der Waals surface area contributed by atoms with Crippen LogP contribution in [0.4, 0.5) is 11.4 Å². The van der Waals surface area contributed by atoms with Crippen molar-refractivity contribution in [3.05, 3.63) is 66.4 Å². The fourth-order valence-corrected chi connectivity index (χ4v) is 3.15. The summed E-state index contributed by atoms with van der Waals surface area (Å²) in [6.07, 6.45) is 3.56. The van der Waals surface area contributed by atoms with Gasteiger partial charge in [0, 0.05) is 49.9 Å². The van der Waals surface area contributed by atoms with Crippen molar-refractivity contribution in [3.63, 3.8) is 0 Å². The first kappa shape index (κ1) is 17.4. The summed E-state index contributed by atoms with van der Waals surface area (Å²) in [5.41, 5.74) is 1.93. The lowest BCUT2D eigenvalue weighted by Gasteiger charge is -2.34. The number of carbonyl (C=O) groups excluding carboxylic acids is 1. The van der Waals surface area contributed by atoms with Crippen molar-refractivity contribution in [2.24, 2.45) is 0 Å². The van der Waals surface area contributed by atoms with Gasteiger partial charge in [0.1, 0.15) is 5.76 Å². The SMILES string of the molecule is CN1CCN(c2ccc(NC(=O)c3ccc(Cn4cccn4)o3)cc2)CC1. The normalized spacial score (nSPS) is 15.1. The van der Waals surface area contributed by atoms with Crippen molar-refractivity contribution in [1.29, 1.82) is 0 Å². The average molecular weight is 365 g/mol. The van der Waals surface area contributed by atoms with Gasteiger partial charge in [0.15, 0.2) is 5.76 Å². The van der Waals surface area contributed by atoms with Gasteiger partial charge in [-0.1, -0.05) is 0 Å². The third-order valence-electron chi connectivity index (χ3n) is 4.76. The lowest BCUT2D eigenvalue weighted by Crippen LogP contribution is -2.44. The van der Waals surface area contributed by atoms with Gasteiger partial charge in [-0.3, -0.25) is 9.48 Å². The molecule has 1 aromatic carbocycles. The summed E-state index contributed by atoms with van der Waals surface area (Å²) in [4.78, 5) is 17.1. The van der Waals surface area contributed by atoms with Gasteiger partial charge in [-0.05, 0) is 49.5 Å². The Morgan fingerprint density at radius 2 is 1.89 bits per heavy atom. The lowest BCUT2D eigenvalue weighted by atomic mass is 10.2. The highest BCUT2D eigenvalue weighted by Crippen LogP contribution is 2.20. The maximum Gasteiger partial charge on any atom is 0.291 e. The number of piperazine rings is 1. The van der Waals surface area contributed by atoms with Gasteiger partial charge in [0.05, 0.1) is 6.54 Å². The Hall–Kier alpha value is -3.06. The third-order valence-corrected chi connectivity index (χ3v) is 4.76. The largest absolute Gasteiger partial charge is 0.454 e. The standard InChI is InChI=1S/C20H23N5O2/c1-23-11-13-24(14-12-23)17-5-3-16(4-6-17)22-20(26)19-8-7-18(27-19)15-25-10-2-9-21-25/h2-10H,11-15H2,1H3,(H,22,26). The monoisotopic (exact) mass is 365 g/mol. The molecule has 4 rings (SSSR count). The molecule has 1 saturated heterocycles. The Morgan fingerprint density at radius 1 is 1.11 bits per heavy atom. The van der Waals surface area contributed by atoms with Gasteiger partial charge in [0.25, 0.3) is 5.91 Å². The van der Waals surface area contributed by atoms with Crippen molar-refractivity contribution in [1.82, 2.24) is 14.7 Å². The van der Waals surface area contributed by atoms with Crippen LogP contribution in [-0.2, 0) is 6.54 Å². The van der Waals surface area contributed by atoms with Crippen LogP contribution in [0.1, 0.15) is 16.3 Å². The number of rotatable bonds is 5. The summed E-state index contributed by atoms with van der Waals surface area (Å²) >= 11 is 0. The first-order chi connectivity index (χ1) is 13.2. The number of nitrogens with one attached hydrogen (secondary N) is 1. The molecule has 3 heterocycles. The van der Waals surface area contributed by atoms with E-state index < -0.39 is 0 Å². The molecule has 1 amide bonds. The summed E-state index contributed by atoms with van der Waals surface area (Å²) in [5, 5.41) is 7.02. The fourth-order valence-electron chi connectivity index (χ4n) is 3.15. The fraction of sp³-hybridized carbons (Fsp3) is 0.300. The maximum atomic E-state index is 12.4. The highest BCUT2D eigenvalue weighted by atomic mass is 16.4. The van der Waals surface area contributed by atoms with E-state index in [-0.39, 0.29) is 5.91 Å². The summed E-state index contributed by atoms with van der Waals surface area (Å²) < 4.78 is 7.38. The molecule has 0 saturated carbocycles. The molecule has 1 aliphatic heterocycles. The van der Waals surface area contributed by atoms with E-state index in [2.05, 4.69) is 27.3 Å². The molecule has 0 bridgehead atoms. The molecule has 0 spiro atoms. The predicted octanol–water partition coefficient (Wildman–Crippen LogP) is 2.53. The van der Waals surface area contributed by atoms with Crippen LogP contribution in [-0.4, -0.2) is 53.8 Å². The molecule has 1 aliphatic rings. The molecule has 0 atom stereocenters. The average Bonchev–Trinajstić information content (AvgIpc) is 3.36. The molecule has 0 radical (unpaired) electrons. The van der Waals surface area contributed by atoms with Gasteiger partial charge in [-0.2, -0.15) is 5.10 Å². The first-order valence-corrected chi connectivity index (χ1v) is 9.08. The van der Waals surface area contributed by atoms with Crippen LogP contribution in [0.15, 0.2) is 59.3 Å². The van der Waals surface area contributed by atoms with Crippen LogP contribution in [0.2, 0.25) is 0 Å². The van der Waals surface area contributed by atoms with Crippen LogP contribution >= 0.6 is 0 Å². The molecular formula is C20H23N5O2. The second-order valence-corrected chi connectivity index (χ2v) is 6.76. The lowest BCUT2D eigenvalue weighted by molar-refractivity contribution is 0.0994. The molecule has 2 aromatic heterocycles. The number of amides is 1. The number of likely N-dealkylation sites (N-methyl/N-ethyl adjacent to an activating group) is 1. The van der Waals surface area contributed by atoms with Crippen LogP contribution in [0.25, 0.3) is 0 Å². The van der Waals surface area contributed by atoms with E-state index in [1.807, 2.05) is 36.5 Å². The number of furan rings is 1. The Balaban J connectivity index is 1.36. The van der Waals surface area contributed by atoms with Crippen LogP contribution in [0.3, 0.4) is 0 Å². The molecule has 7 heteroatoms. The van der Waals surface area contributed by atoms with E-state index in [0.717, 1.165) is 31.9 Å². The molecule has 1 fully saturated rings. The van der Waals surface area contributed by atoms with Gasteiger partial charge in [-0.25, -0.2) is 0 Å². The molecule has 140 valence electrons. The minimum atomic E-state index is -0.255. The number of hydrogen-bond donors (Lipinski definition) is 1. The smallest absolute Gasteiger partial charge is 0.291 e. The van der Waals surface area contributed by atoms with Gasteiger partial charge in [-0.15, -0.1) is 0 Å². The van der Waals surface area contributed by atoms with Crippen LogP contribution in [0.5, 0.6) is 0 Å². The Kier molecular flexibility index (Phi) is 4.93. The van der Waals surface area contributed by atoms with Crippen molar-refractivity contribution < 1.29 is 9.21 Å². The van der Waals surface area contributed by atoms with E-state index in [4.69, 9.17) is 4.42 Å². The Labute approximate surface area is 158 Å². The van der Waals surface area contributed by atoms with Crippen molar-refractivity contribution in [3.8, 4) is 0 Å². The van der Waals surface area contributed by atoms with Gasteiger partial charge < -0.3 is 19.5 Å². The number of hydrogen-bond acceptors (Lipinski definition) is 5. The van der Waals surface area contributed by atoms with Crippen LogP contribution in [0, 0.1) is 0 Å². The number of aromatic nitrogens is 2. The third kappa shape index (κ3) is 4.20. The summed E-state index contributed by atoms with van der Waals surface area (Å²) in [5.74, 6) is 0.726. The molecule has 27 heavy (non-hydrogen) atoms. The summed E-state index contributed by atoms with van der Waals surface area (Å²) in [7, 11) is 2.14. The van der Waals surface area contributed by atoms with Crippen molar-refractivity contribution in [2.75, 3.05) is 43.4 Å². The highest BCUT2D eigenvalue weighted by molar-refractivity contribution is 6.02. The Morgan fingerprint density at radius 3 is 2.59 bits per heavy atom. The number of benzene rings is 1. The zero-order valence-corrected chi connectivity index (χ0v) is 15.3. The second kappa shape index (κ2) is 7.67. The number of nitrogens with zero attached hydrogens (tertiary/aromatic N) is 4. The topological polar surface area (TPSA) is 66.5 Å². The first-order valence-electron chi connectivity index (χ1n) is 9.08. The molecule has 0 unspecified atom stereocenters. The molecule has 3 aromatic rings. The zero-order chi connectivity index (χ0) is 18.6. The van der Waals surface area contributed by atoms with E-state index in [1.54, 1.807) is 23.0 Å². The molecule has 7 nitrogen and oxygen atoms in total. The van der Waals surface area contributed by atoms with Crippen molar-refractivity contribution in [2.45, 2.75) is 6.54 Å². The Bertz CT molecular complexity index is 878.